The third-order valence-electron chi connectivity index (χ3n) is 4.83. The Morgan fingerprint density at radius 1 is 1.16 bits per heavy atom. The minimum atomic E-state index is -0.702. The van der Waals surface area contributed by atoms with Gasteiger partial charge in [-0.15, -0.1) is 11.3 Å². The van der Waals surface area contributed by atoms with E-state index in [0.717, 1.165) is 16.9 Å². The number of nitrogens with zero attached hydrogens (tertiary/aromatic N) is 2. The summed E-state index contributed by atoms with van der Waals surface area (Å²) in [7, 11) is 1.66. The first-order valence-electron chi connectivity index (χ1n) is 9.72. The standard InChI is InChI=1S/C23H18ClN3O4S/c1-3-31-23(30)18-16(13-8-10-14(24)11-9-13)12-32-22(18)25-21(29)19-20(28)15-6-4-5-7-17(15)27(2)26-19/h4-12H,3H2,1-2H3,(H,25,29). The number of carbonyl (C=O) groups excluding carboxylic acids is 2. The van der Waals surface area contributed by atoms with Crippen molar-refractivity contribution in [1.82, 2.24) is 9.78 Å². The van der Waals surface area contributed by atoms with Gasteiger partial charge in [0.05, 0.1) is 12.1 Å². The first-order chi connectivity index (χ1) is 15.4. The first-order valence-corrected chi connectivity index (χ1v) is 11.0. The van der Waals surface area contributed by atoms with Crippen LogP contribution in [0.5, 0.6) is 0 Å². The monoisotopic (exact) mass is 467 g/mol. The van der Waals surface area contributed by atoms with Crippen LogP contribution in [0.4, 0.5) is 5.00 Å². The van der Waals surface area contributed by atoms with Crippen molar-refractivity contribution in [1.29, 1.82) is 0 Å². The highest BCUT2D eigenvalue weighted by atomic mass is 35.5. The average molecular weight is 468 g/mol. The van der Waals surface area contributed by atoms with Gasteiger partial charge in [0.2, 0.25) is 5.43 Å². The van der Waals surface area contributed by atoms with Gasteiger partial charge in [-0.25, -0.2) is 4.79 Å². The minimum Gasteiger partial charge on any atom is -0.462 e. The van der Waals surface area contributed by atoms with Crippen LogP contribution in [0, 0.1) is 0 Å². The highest BCUT2D eigenvalue weighted by molar-refractivity contribution is 7.15. The van der Waals surface area contributed by atoms with Crippen LogP contribution in [0.25, 0.3) is 22.0 Å². The smallest absolute Gasteiger partial charge is 0.341 e. The van der Waals surface area contributed by atoms with E-state index in [0.29, 0.717) is 21.5 Å². The van der Waals surface area contributed by atoms with Crippen LogP contribution in [0.1, 0.15) is 27.8 Å². The summed E-state index contributed by atoms with van der Waals surface area (Å²) in [5.74, 6) is -1.28. The SMILES string of the molecule is CCOC(=O)c1c(-c2ccc(Cl)cc2)csc1NC(=O)c1nn(C)c2ccccc2c1=O. The van der Waals surface area contributed by atoms with Crippen molar-refractivity contribution >= 4 is 50.7 Å². The summed E-state index contributed by atoms with van der Waals surface area (Å²) in [5, 5.41) is 9.79. The molecule has 4 rings (SSSR count). The van der Waals surface area contributed by atoms with Crippen LogP contribution < -0.4 is 10.7 Å². The van der Waals surface area contributed by atoms with Crippen LogP contribution in [-0.4, -0.2) is 28.3 Å². The zero-order valence-corrected chi connectivity index (χ0v) is 18.8. The predicted octanol–water partition coefficient (Wildman–Crippen LogP) is 4.74. The number of hydrogen-bond acceptors (Lipinski definition) is 6. The number of aryl methyl sites for hydroxylation is 1. The predicted molar refractivity (Wildman–Crippen MR) is 126 cm³/mol. The number of anilines is 1. The molecule has 0 aliphatic heterocycles. The number of thiophene rings is 1. The minimum absolute atomic E-state index is 0.175. The summed E-state index contributed by atoms with van der Waals surface area (Å²) in [6.07, 6.45) is 0. The fourth-order valence-electron chi connectivity index (χ4n) is 3.33. The van der Waals surface area contributed by atoms with Crippen molar-refractivity contribution < 1.29 is 14.3 Å². The maximum atomic E-state index is 13.0. The molecule has 0 saturated heterocycles. The molecular formula is C23H18ClN3O4S. The number of nitrogens with one attached hydrogen (secondary N) is 1. The molecule has 1 N–H and O–H groups in total. The molecule has 1 amide bonds. The molecule has 0 aliphatic rings. The highest BCUT2D eigenvalue weighted by Crippen LogP contribution is 2.36. The Bertz CT molecular complexity index is 1390. The second-order valence-electron chi connectivity index (χ2n) is 6.85. The van der Waals surface area contributed by atoms with Gasteiger partial charge in [0.25, 0.3) is 5.91 Å². The summed E-state index contributed by atoms with van der Waals surface area (Å²) >= 11 is 7.14. The van der Waals surface area contributed by atoms with Gasteiger partial charge in [-0.05, 0) is 36.8 Å². The number of halogens is 1. The summed E-state index contributed by atoms with van der Waals surface area (Å²) in [6, 6.07) is 13.9. The van der Waals surface area contributed by atoms with E-state index in [9.17, 15) is 14.4 Å². The Balaban J connectivity index is 1.76. The van der Waals surface area contributed by atoms with Crippen molar-refractivity contribution in [2.24, 2.45) is 7.05 Å². The van der Waals surface area contributed by atoms with Crippen molar-refractivity contribution in [2.75, 3.05) is 11.9 Å². The number of aromatic nitrogens is 2. The molecule has 162 valence electrons. The van der Waals surface area contributed by atoms with E-state index in [1.54, 1.807) is 67.9 Å². The molecule has 0 fully saturated rings. The normalized spacial score (nSPS) is 10.8. The van der Waals surface area contributed by atoms with E-state index in [1.165, 1.54) is 4.68 Å². The van der Waals surface area contributed by atoms with Crippen LogP contribution >= 0.6 is 22.9 Å². The number of benzene rings is 2. The lowest BCUT2D eigenvalue weighted by Gasteiger charge is -2.10. The Hall–Kier alpha value is -3.49. The lowest BCUT2D eigenvalue weighted by molar-refractivity contribution is 0.0529. The van der Waals surface area contributed by atoms with E-state index in [4.69, 9.17) is 16.3 Å². The number of amides is 1. The molecule has 4 aromatic rings. The zero-order chi connectivity index (χ0) is 22.8. The highest BCUT2D eigenvalue weighted by Gasteiger charge is 2.25. The van der Waals surface area contributed by atoms with Crippen LogP contribution in [0.3, 0.4) is 0 Å². The zero-order valence-electron chi connectivity index (χ0n) is 17.2. The fraction of sp³-hybridized carbons (Fsp3) is 0.130. The molecule has 9 heteroatoms. The Labute approximate surface area is 192 Å². The van der Waals surface area contributed by atoms with E-state index >= 15 is 0 Å². The van der Waals surface area contributed by atoms with Crippen LogP contribution in [-0.2, 0) is 11.8 Å². The Morgan fingerprint density at radius 2 is 1.88 bits per heavy atom. The van der Waals surface area contributed by atoms with Crippen molar-refractivity contribution in [3.63, 3.8) is 0 Å². The number of rotatable bonds is 5. The number of esters is 1. The van der Waals surface area contributed by atoms with Gasteiger partial charge in [-0.3, -0.25) is 14.3 Å². The summed E-state index contributed by atoms with van der Waals surface area (Å²) in [6.45, 7) is 1.88. The molecule has 7 nitrogen and oxygen atoms in total. The summed E-state index contributed by atoms with van der Waals surface area (Å²) < 4.78 is 6.69. The number of fused-ring (bicyclic) bond motifs is 1. The Kier molecular flexibility index (Phi) is 6.07. The van der Waals surface area contributed by atoms with E-state index in [1.807, 2.05) is 0 Å². The third kappa shape index (κ3) is 4.02. The van der Waals surface area contributed by atoms with Crippen LogP contribution in [0.15, 0.2) is 58.7 Å². The molecule has 0 radical (unpaired) electrons. The van der Waals surface area contributed by atoms with Crippen molar-refractivity contribution in [3.8, 4) is 11.1 Å². The topological polar surface area (TPSA) is 90.3 Å². The van der Waals surface area contributed by atoms with E-state index in [-0.39, 0.29) is 22.9 Å². The fourth-order valence-corrected chi connectivity index (χ4v) is 4.41. The van der Waals surface area contributed by atoms with Gasteiger partial charge < -0.3 is 10.1 Å². The van der Waals surface area contributed by atoms with Crippen LogP contribution in [0.2, 0.25) is 5.02 Å². The summed E-state index contributed by atoms with van der Waals surface area (Å²) in [4.78, 5) is 38.6. The number of hydrogen-bond donors (Lipinski definition) is 1. The molecule has 0 spiro atoms. The molecule has 0 atom stereocenters. The maximum Gasteiger partial charge on any atom is 0.341 e. The Morgan fingerprint density at radius 3 is 2.59 bits per heavy atom. The lowest BCUT2D eigenvalue weighted by Crippen LogP contribution is -2.26. The van der Waals surface area contributed by atoms with Gasteiger partial charge in [-0.1, -0.05) is 35.9 Å². The molecule has 32 heavy (non-hydrogen) atoms. The second kappa shape index (κ2) is 8.94. The van der Waals surface area contributed by atoms with Gasteiger partial charge in [-0.2, -0.15) is 5.10 Å². The summed E-state index contributed by atoms with van der Waals surface area (Å²) in [5.41, 5.74) is 1.42. The van der Waals surface area contributed by atoms with Gasteiger partial charge in [0.15, 0.2) is 5.69 Å². The van der Waals surface area contributed by atoms with Gasteiger partial charge >= 0.3 is 5.97 Å². The number of carbonyl (C=O) groups is 2. The van der Waals surface area contributed by atoms with Crippen molar-refractivity contribution in [3.05, 3.63) is 80.4 Å². The third-order valence-corrected chi connectivity index (χ3v) is 5.98. The molecular weight excluding hydrogens is 450 g/mol. The quantitative estimate of drug-likeness (QED) is 0.428. The van der Waals surface area contributed by atoms with Gasteiger partial charge in [0.1, 0.15) is 10.6 Å². The largest absolute Gasteiger partial charge is 0.462 e. The average Bonchev–Trinajstić information content (AvgIpc) is 3.20. The molecule has 2 aromatic heterocycles. The molecule has 2 heterocycles. The molecule has 0 saturated carbocycles. The van der Waals surface area contributed by atoms with E-state index in [2.05, 4.69) is 10.4 Å². The lowest BCUT2D eigenvalue weighted by atomic mass is 10.0. The first kappa shape index (κ1) is 21.7. The molecule has 0 bridgehead atoms. The molecule has 2 aromatic carbocycles. The second-order valence-corrected chi connectivity index (χ2v) is 8.17. The van der Waals surface area contributed by atoms with Crippen molar-refractivity contribution in [2.45, 2.75) is 6.92 Å². The molecule has 0 unspecified atom stereocenters. The number of para-hydroxylation sites is 1. The number of ether oxygens (including phenoxy) is 1. The molecule has 0 aliphatic carbocycles. The van der Waals surface area contributed by atoms with E-state index < -0.39 is 17.3 Å². The maximum absolute atomic E-state index is 13.0. The van der Waals surface area contributed by atoms with Gasteiger partial charge in [0, 0.05) is 28.4 Å².